The summed E-state index contributed by atoms with van der Waals surface area (Å²) in [6, 6.07) is 0. The van der Waals surface area contributed by atoms with E-state index >= 15 is 0 Å². The Morgan fingerprint density at radius 1 is 1.24 bits per heavy atom. The quantitative estimate of drug-likeness (QED) is 0.684. The number of alkyl halides is 4. The molecular weight excluding hydrogens is 303 g/mol. The van der Waals surface area contributed by atoms with Crippen LogP contribution in [0.2, 0.25) is 0 Å². The van der Waals surface area contributed by atoms with E-state index in [1.165, 1.54) is 0 Å². The van der Waals surface area contributed by atoms with Crippen molar-refractivity contribution in [1.82, 2.24) is 5.32 Å². The molecule has 0 aromatic heterocycles. The molecular formula is C15H25ClF3NO. The molecule has 21 heavy (non-hydrogen) atoms. The number of hydrogen-bond donors (Lipinski definition) is 1. The molecule has 0 saturated heterocycles. The molecule has 1 aliphatic carbocycles. The highest BCUT2D eigenvalue weighted by Gasteiger charge is 2.42. The molecule has 0 aromatic rings. The van der Waals surface area contributed by atoms with Crippen LogP contribution in [0.1, 0.15) is 51.9 Å². The first-order chi connectivity index (χ1) is 9.88. The van der Waals surface area contributed by atoms with Gasteiger partial charge in [0.1, 0.15) is 0 Å². The number of nitrogens with one attached hydrogen (secondary N) is 1. The maximum Gasteiger partial charge on any atom is 0.391 e. The molecule has 0 aromatic carbocycles. The van der Waals surface area contributed by atoms with Crippen molar-refractivity contribution in [3.8, 4) is 0 Å². The van der Waals surface area contributed by atoms with Gasteiger partial charge >= 0.3 is 6.18 Å². The first kappa shape index (κ1) is 18.6. The molecule has 1 saturated carbocycles. The van der Waals surface area contributed by atoms with Crippen LogP contribution in [0.5, 0.6) is 0 Å². The van der Waals surface area contributed by atoms with E-state index in [9.17, 15) is 18.0 Å². The lowest BCUT2D eigenvalue weighted by Crippen LogP contribution is -2.38. The van der Waals surface area contributed by atoms with Crippen molar-refractivity contribution >= 4 is 17.5 Å². The number of amides is 1. The molecule has 1 atom stereocenters. The minimum Gasteiger partial charge on any atom is -0.356 e. The van der Waals surface area contributed by atoms with Crippen molar-refractivity contribution in [3.05, 3.63) is 0 Å². The fourth-order valence-corrected chi connectivity index (χ4v) is 3.29. The summed E-state index contributed by atoms with van der Waals surface area (Å²) in [5.41, 5.74) is 0. The van der Waals surface area contributed by atoms with Crippen LogP contribution in [-0.4, -0.2) is 24.5 Å². The van der Waals surface area contributed by atoms with Crippen LogP contribution < -0.4 is 5.32 Å². The van der Waals surface area contributed by atoms with E-state index in [0.29, 0.717) is 31.2 Å². The zero-order valence-electron chi connectivity index (χ0n) is 12.5. The lowest BCUT2D eigenvalue weighted by Gasteiger charge is -2.29. The summed E-state index contributed by atoms with van der Waals surface area (Å²) in [7, 11) is 0. The summed E-state index contributed by atoms with van der Waals surface area (Å²) >= 11 is 5.74. The Balaban J connectivity index is 2.33. The highest BCUT2D eigenvalue weighted by atomic mass is 35.5. The van der Waals surface area contributed by atoms with Crippen LogP contribution in [-0.2, 0) is 4.79 Å². The van der Waals surface area contributed by atoms with Crippen molar-refractivity contribution < 1.29 is 18.0 Å². The van der Waals surface area contributed by atoms with Gasteiger partial charge in [0.05, 0.1) is 5.92 Å². The van der Waals surface area contributed by atoms with Gasteiger partial charge in [-0.3, -0.25) is 4.79 Å². The van der Waals surface area contributed by atoms with E-state index in [-0.39, 0.29) is 24.7 Å². The molecule has 0 aliphatic heterocycles. The molecule has 0 bridgehead atoms. The second-order valence-electron chi connectivity index (χ2n) is 5.97. The van der Waals surface area contributed by atoms with Crippen LogP contribution in [0.3, 0.4) is 0 Å². The fraction of sp³-hybridized carbons (Fsp3) is 0.933. The van der Waals surface area contributed by atoms with Gasteiger partial charge in [0.15, 0.2) is 0 Å². The first-order valence-electron chi connectivity index (χ1n) is 7.78. The Hall–Kier alpha value is -0.450. The Labute approximate surface area is 129 Å². The largest absolute Gasteiger partial charge is 0.391 e. The Morgan fingerprint density at radius 2 is 1.86 bits per heavy atom. The van der Waals surface area contributed by atoms with Gasteiger partial charge in [-0.25, -0.2) is 0 Å². The topological polar surface area (TPSA) is 29.1 Å². The van der Waals surface area contributed by atoms with Gasteiger partial charge in [-0.2, -0.15) is 13.2 Å². The van der Waals surface area contributed by atoms with Gasteiger partial charge in [0, 0.05) is 18.3 Å². The monoisotopic (exact) mass is 327 g/mol. The van der Waals surface area contributed by atoms with E-state index in [1.807, 2.05) is 0 Å². The standard InChI is InChI=1S/C15H25ClF3NO/c1-2-3-11(8-9-16)10-20-14(21)12-4-6-13(7-5-12)15(17,18)19/h11-13H,2-10H2,1H3,(H,20,21). The third-order valence-electron chi connectivity index (χ3n) is 4.34. The average Bonchev–Trinajstić information content (AvgIpc) is 2.44. The minimum absolute atomic E-state index is 0.0711. The summed E-state index contributed by atoms with van der Waals surface area (Å²) in [5, 5.41) is 2.90. The molecule has 1 aliphatic rings. The van der Waals surface area contributed by atoms with E-state index < -0.39 is 12.1 Å². The van der Waals surface area contributed by atoms with Crippen LogP contribution in [0.15, 0.2) is 0 Å². The van der Waals surface area contributed by atoms with E-state index in [0.717, 1.165) is 19.3 Å². The number of hydrogen-bond acceptors (Lipinski definition) is 1. The smallest absolute Gasteiger partial charge is 0.356 e. The average molecular weight is 328 g/mol. The molecule has 1 rings (SSSR count). The molecule has 1 amide bonds. The summed E-state index contributed by atoms with van der Waals surface area (Å²) in [4.78, 5) is 12.0. The minimum atomic E-state index is -4.12. The molecule has 1 fully saturated rings. The van der Waals surface area contributed by atoms with Crippen molar-refractivity contribution in [1.29, 1.82) is 0 Å². The van der Waals surface area contributed by atoms with E-state index in [2.05, 4.69) is 12.2 Å². The second-order valence-corrected chi connectivity index (χ2v) is 6.35. The predicted octanol–water partition coefficient (Wildman–Crippen LogP) is 4.52. The zero-order chi connectivity index (χ0) is 15.9. The molecule has 0 spiro atoms. The molecule has 6 heteroatoms. The van der Waals surface area contributed by atoms with Crippen LogP contribution >= 0.6 is 11.6 Å². The maximum absolute atomic E-state index is 12.6. The van der Waals surface area contributed by atoms with E-state index in [4.69, 9.17) is 11.6 Å². The highest BCUT2D eigenvalue weighted by molar-refractivity contribution is 6.17. The molecule has 124 valence electrons. The normalized spacial score (nSPS) is 24.6. The van der Waals surface area contributed by atoms with Gasteiger partial charge in [-0.05, 0) is 44.4 Å². The lowest BCUT2D eigenvalue weighted by molar-refractivity contribution is -0.184. The third kappa shape index (κ3) is 6.45. The fourth-order valence-electron chi connectivity index (χ4n) is 2.98. The van der Waals surface area contributed by atoms with Gasteiger partial charge in [-0.1, -0.05) is 13.3 Å². The SMILES string of the molecule is CCCC(CCCl)CNC(=O)C1CCC(C(F)(F)F)CC1. The van der Waals surface area contributed by atoms with Crippen molar-refractivity contribution in [2.45, 2.75) is 58.0 Å². The lowest BCUT2D eigenvalue weighted by atomic mass is 9.81. The third-order valence-corrected chi connectivity index (χ3v) is 4.56. The van der Waals surface area contributed by atoms with Crippen LogP contribution in [0, 0.1) is 17.8 Å². The predicted molar refractivity (Wildman–Crippen MR) is 78.2 cm³/mol. The second kappa shape index (κ2) is 8.86. The summed E-state index contributed by atoms with van der Waals surface area (Å²) in [6.07, 6.45) is -0.399. The van der Waals surface area contributed by atoms with Gasteiger partial charge in [-0.15, -0.1) is 11.6 Å². The number of carbonyl (C=O) groups excluding carboxylic acids is 1. The number of carbonyl (C=O) groups is 1. The van der Waals surface area contributed by atoms with Crippen molar-refractivity contribution in [2.24, 2.45) is 17.8 Å². The molecule has 1 unspecified atom stereocenters. The van der Waals surface area contributed by atoms with Gasteiger partial charge in [0.2, 0.25) is 5.91 Å². The van der Waals surface area contributed by atoms with Gasteiger partial charge in [0.25, 0.3) is 0 Å². The summed E-state index contributed by atoms with van der Waals surface area (Å²) in [6.45, 7) is 2.67. The molecule has 0 radical (unpaired) electrons. The molecule has 1 N–H and O–H groups in total. The highest BCUT2D eigenvalue weighted by Crippen LogP contribution is 2.39. The number of rotatable bonds is 7. The maximum atomic E-state index is 12.6. The van der Waals surface area contributed by atoms with E-state index in [1.54, 1.807) is 0 Å². The molecule has 2 nitrogen and oxygen atoms in total. The number of halogens is 4. The molecule has 0 heterocycles. The summed E-state index contributed by atoms with van der Waals surface area (Å²) in [5.74, 6) is -0.654. The Kier molecular flexibility index (Phi) is 7.85. The van der Waals surface area contributed by atoms with Crippen LogP contribution in [0.25, 0.3) is 0 Å². The van der Waals surface area contributed by atoms with Crippen LogP contribution in [0.4, 0.5) is 13.2 Å². The zero-order valence-corrected chi connectivity index (χ0v) is 13.3. The first-order valence-corrected chi connectivity index (χ1v) is 8.32. The van der Waals surface area contributed by atoms with Crippen molar-refractivity contribution in [2.75, 3.05) is 12.4 Å². The van der Waals surface area contributed by atoms with Gasteiger partial charge < -0.3 is 5.32 Å². The van der Waals surface area contributed by atoms with Crippen molar-refractivity contribution in [3.63, 3.8) is 0 Å². The summed E-state index contributed by atoms with van der Waals surface area (Å²) < 4.78 is 37.7. The Bertz CT molecular complexity index is 309. The Morgan fingerprint density at radius 3 is 2.33 bits per heavy atom.